The summed E-state index contributed by atoms with van der Waals surface area (Å²) in [5.41, 5.74) is 1.52. The monoisotopic (exact) mass is 315 g/mol. The molecule has 0 radical (unpaired) electrons. The predicted molar refractivity (Wildman–Crippen MR) is 92.3 cm³/mol. The van der Waals surface area contributed by atoms with Crippen LogP contribution in [0.15, 0.2) is 36.4 Å². The number of benzene rings is 1. The van der Waals surface area contributed by atoms with E-state index in [-0.39, 0.29) is 6.09 Å². The van der Waals surface area contributed by atoms with Crippen molar-refractivity contribution in [2.75, 3.05) is 20.1 Å². The summed E-state index contributed by atoms with van der Waals surface area (Å²) in [6.45, 7) is 7.53. The van der Waals surface area contributed by atoms with Gasteiger partial charge in [-0.25, -0.2) is 4.79 Å². The fraction of sp³-hybridized carbons (Fsp3) is 0.444. The van der Waals surface area contributed by atoms with E-state index in [0.717, 1.165) is 16.6 Å². The molecule has 0 aliphatic heterocycles. The Labute approximate surface area is 137 Å². The van der Waals surface area contributed by atoms with Gasteiger partial charge in [0.15, 0.2) is 0 Å². The van der Waals surface area contributed by atoms with Gasteiger partial charge in [0.2, 0.25) is 0 Å². The van der Waals surface area contributed by atoms with Gasteiger partial charge in [0.05, 0.1) is 11.2 Å². The molecule has 0 saturated carbocycles. The average molecular weight is 315 g/mol. The first-order valence-electron chi connectivity index (χ1n) is 7.85. The van der Waals surface area contributed by atoms with Crippen molar-refractivity contribution in [1.29, 1.82) is 0 Å². The number of fused-ring (bicyclic) bond motifs is 1. The largest absolute Gasteiger partial charge is 0.444 e. The molecule has 1 aromatic carbocycles. The van der Waals surface area contributed by atoms with Crippen LogP contribution < -0.4 is 5.32 Å². The minimum atomic E-state index is -0.464. The molecule has 0 bridgehead atoms. The minimum Gasteiger partial charge on any atom is -0.444 e. The third-order valence-electron chi connectivity index (χ3n) is 3.29. The first-order chi connectivity index (χ1) is 10.8. The summed E-state index contributed by atoms with van der Waals surface area (Å²) in [5.74, 6) is 0. The van der Waals surface area contributed by atoms with Gasteiger partial charge in [0.1, 0.15) is 5.60 Å². The number of pyridine rings is 1. The van der Waals surface area contributed by atoms with Crippen molar-refractivity contribution in [3.8, 4) is 0 Å². The van der Waals surface area contributed by atoms with Gasteiger partial charge in [0.25, 0.3) is 0 Å². The molecule has 0 spiro atoms. The Bertz CT molecular complexity index is 665. The third kappa shape index (κ3) is 5.53. The normalized spacial score (nSPS) is 11.5. The van der Waals surface area contributed by atoms with Crippen LogP contribution in [0.3, 0.4) is 0 Å². The van der Waals surface area contributed by atoms with Gasteiger partial charge in [-0.2, -0.15) is 0 Å². The van der Waals surface area contributed by atoms with Crippen molar-refractivity contribution in [2.45, 2.75) is 32.9 Å². The summed E-state index contributed by atoms with van der Waals surface area (Å²) in [7, 11) is 1.74. The Morgan fingerprint density at radius 3 is 2.70 bits per heavy atom. The van der Waals surface area contributed by atoms with Crippen LogP contribution in [0.1, 0.15) is 26.5 Å². The van der Waals surface area contributed by atoms with E-state index in [9.17, 15) is 4.79 Å². The first-order valence-corrected chi connectivity index (χ1v) is 7.85. The molecule has 0 atom stereocenters. The number of hydrogen-bond donors (Lipinski definition) is 1. The maximum Gasteiger partial charge on any atom is 0.410 e. The second-order valence-corrected chi connectivity index (χ2v) is 6.57. The molecule has 0 unspecified atom stereocenters. The summed E-state index contributed by atoms with van der Waals surface area (Å²) in [6, 6.07) is 12.2. The van der Waals surface area contributed by atoms with Crippen LogP contribution in [-0.4, -0.2) is 41.7 Å². The number of para-hydroxylation sites is 1. The van der Waals surface area contributed by atoms with Gasteiger partial charge in [0, 0.05) is 32.1 Å². The molecule has 5 heteroatoms. The number of amides is 1. The molecule has 124 valence electrons. The van der Waals surface area contributed by atoms with Crippen LogP contribution in [0.2, 0.25) is 0 Å². The Morgan fingerprint density at radius 2 is 1.96 bits per heavy atom. The molecule has 1 N–H and O–H groups in total. The van der Waals surface area contributed by atoms with E-state index < -0.39 is 5.60 Å². The zero-order valence-corrected chi connectivity index (χ0v) is 14.3. The number of carbonyl (C=O) groups is 1. The topological polar surface area (TPSA) is 54.5 Å². The van der Waals surface area contributed by atoms with Gasteiger partial charge in [-0.05, 0) is 32.9 Å². The Morgan fingerprint density at radius 1 is 1.22 bits per heavy atom. The fourth-order valence-electron chi connectivity index (χ4n) is 2.10. The quantitative estimate of drug-likeness (QED) is 0.861. The number of nitrogens with zero attached hydrogens (tertiary/aromatic N) is 2. The molecule has 0 aliphatic carbocycles. The Hall–Kier alpha value is -2.14. The number of rotatable bonds is 5. The van der Waals surface area contributed by atoms with Crippen LogP contribution in [0.5, 0.6) is 0 Å². The van der Waals surface area contributed by atoms with E-state index in [4.69, 9.17) is 4.74 Å². The van der Waals surface area contributed by atoms with Gasteiger partial charge in [-0.3, -0.25) is 4.98 Å². The summed E-state index contributed by atoms with van der Waals surface area (Å²) in [4.78, 5) is 18.0. The van der Waals surface area contributed by atoms with E-state index in [2.05, 4.69) is 22.4 Å². The lowest BCUT2D eigenvalue weighted by atomic mass is 10.2. The molecular weight excluding hydrogens is 290 g/mol. The van der Waals surface area contributed by atoms with Crippen LogP contribution >= 0.6 is 0 Å². The van der Waals surface area contributed by atoms with E-state index in [1.165, 1.54) is 0 Å². The highest BCUT2D eigenvalue weighted by Crippen LogP contribution is 2.11. The lowest BCUT2D eigenvalue weighted by molar-refractivity contribution is 0.0300. The minimum absolute atomic E-state index is 0.303. The maximum atomic E-state index is 11.8. The van der Waals surface area contributed by atoms with Crippen molar-refractivity contribution >= 4 is 17.0 Å². The Kier molecular flexibility index (Phi) is 5.55. The van der Waals surface area contributed by atoms with E-state index >= 15 is 0 Å². The fourth-order valence-corrected chi connectivity index (χ4v) is 2.10. The summed E-state index contributed by atoms with van der Waals surface area (Å²) < 4.78 is 5.31. The molecule has 1 heterocycles. The highest BCUT2D eigenvalue weighted by Gasteiger charge is 2.18. The number of aromatic nitrogens is 1. The molecule has 23 heavy (non-hydrogen) atoms. The van der Waals surface area contributed by atoms with Gasteiger partial charge >= 0.3 is 6.09 Å². The van der Waals surface area contributed by atoms with Crippen LogP contribution in [0, 0.1) is 0 Å². The van der Waals surface area contributed by atoms with Gasteiger partial charge in [-0.1, -0.05) is 24.3 Å². The molecule has 0 saturated heterocycles. The first kappa shape index (κ1) is 17.2. The zero-order valence-electron chi connectivity index (χ0n) is 14.3. The number of likely N-dealkylation sites (N-methyl/N-ethyl adjacent to an activating group) is 1. The van der Waals surface area contributed by atoms with E-state index in [0.29, 0.717) is 19.6 Å². The second kappa shape index (κ2) is 7.42. The zero-order chi connectivity index (χ0) is 16.9. The standard InChI is InChI=1S/C18H25N3O2/c1-18(2,3)23-17(22)21(4)12-11-19-13-15-10-9-14-7-5-6-8-16(14)20-15/h5-10,19H,11-13H2,1-4H3. The predicted octanol–water partition coefficient (Wildman–Crippen LogP) is 3.19. The average Bonchev–Trinajstić information content (AvgIpc) is 2.49. The molecule has 2 rings (SSSR count). The molecule has 2 aromatic rings. The molecular formula is C18H25N3O2. The number of nitrogens with one attached hydrogen (secondary N) is 1. The van der Waals surface area contributed by atoms with Crippen molar-refractivity contribution in [1.82, 2.24) is 15.2 Å². The SMILES string of the molecule is CN(CCNCc1ccc2ccccc2n1)C(=O)OC(C)(C)C. The molecule has 0 aliphatic rings. The maximum absolute atomic E-state index is 11.8. The van der Waals surface area contributed by atoms with Crippen molar-refractivity contribution in [2.24, 2.45) is 0 Å². The van der Waals surface area contributed by atoms with Gasteiger partial charge in [-0.15, -0.1) is 0 Å². The Balaban J connectivity index is 1.77. The number of hydrogen-bond acceptors (Lipinski definition) is 4. The summed E-state index contributed by atoms with van der Waals surface area (Å²) in [6.07, 6.45) is -0.303. The van der Waals surface area contributed by atoms with Crippen molar-refractivity contribution in [3.63, 3.8) is 0 Å². The van der Waals surface area contributed by atoms with Gasteiger partial charge < -0.3 is 15.0 Å². The number of ether oxygens (including phenoxy) is 1. The van der Waals surface area contributed by atoms with Crippen molar-refractivity contribution in [3.05, 3.63) is 42.1 Å². The molecule has 0 fully saturated rings. The van der Waals surface area contributed by atoms with Crippen LogP contribution in [0.25, 0.3) is 10.9 Å². The van der Waals surface area contributed by atoms with Crippen LogP contribution in [-0.2, 0) is 11.3 Å². The molecule has 1 aromatic heterocycles. The molecule has 1 amide bonds. The van der Waals surface area contributed by atoms with Crippen molar-refractivity contribution < 1.29 is 9.53 Å². The molecule has 5 nitrogen and oxygen atoms in total. The highest BCUT2D eigenvalue weighted by atomic mass is 16.6. The smallest absolute Gasteiger partial charge is 0.410 e. The van der Waals surface area contributed by atoms with E-state index in [1.807, 2.05) is 45.0 Å². The summed E-state index contributed by atoms with van der Waals surface area (Å²) >= 11 is 0. The van der Waals surface area contributed by atoms with Crippen LogP contribution in [0.4, 0.5) is 4.79 Å². The second-order valence-electron chi connectivity index (χ2n) is 6.57. The van der Waals surface area contributed by atoms with E-state index in [1.54, 1.807) is 11.9 Å². The lowest BCUT2D eigenvalue weighted by Gasteiger charge is -2.24. The summed E-state index contributed by atoms with van der Waals surface area (Å²) in [5, 5.41) is 4.44. The third-order valence-corrected chi connectivity index (χ3v) is 3.29. The number of carbonyl (C=O) groups excluding carboxylic acids is 1. The highest BCUT2D eigenvalue weighted by molar-refractivity contribution is 5.78. The lowest BCUT2D eigenvalue weighted by Crippen LogP contribution is -2.37.